The molecule has 0 bridgehead atoms. The van der Waals surface area contributed by atoms with Crippen molar-refractivity contribution in [2.45, 2.75) is 33.1 Å². The van der Waals surface area contributed by atoms with E-state index in [0.29, 0.717) is 11.7 Å². The quantitative estimate of drug-likeness (QED) is 0.646. The van der Waals surface area contributed by atoms with Crippen molar-refractivity contribution in [3.63, 3.8) is 0 Å². The second-order valence-electron chi connectivity index (χ2n) is 4.89. The van der Waals surface area contributed by atoms with Crippen molar-refractivity contribution in [3.8, 4) is 0 Å². The van der Waals surface area contributed by atoms with Gasteiger partial charge in [-0.1, -0.05) is 35.9 Å². The predicted molar refractivity (Wildman–Crippen MR) is 61.2 cm³/mol. The van der Waals surface area contributed by atoms with Crippen LogP contribution in [0, 0.1) is 11.3 Å². The third-order valence-corrected chi connectivity index (χ3v) is 4.03. The summed E-state index contributed by atoms with van der Waals surface area (Å²) in [5, 5.41) is 0. The molecule has 0 aromatic carbocycles. The number of hydrogen-bond donors (Lipinski definition) is 0. The Hall–Kier alpha value is -0.370. The first-order valence-electron chi connectivity index (χ1n) is 5.11. The van der Waals surface area contributed by atoms with Crippen LogP contribution in [-0.4, -0.2) is 5.78 Å². The van der Waals surface area contributed by atoms with Gasteiger partial charge in [0.1, 0.15) is 0 Å². The van der Waals surface area contributed by atoms with Crippen molar-refractivity contribution in [3.05, 3.63) is 22.2 Å². The number of carbonyl (C=O) groups excluding carboxylic acids is 1. The first kappa shape index (κ1) is 10.2. The maximum Gasteiger partial charge on any atom is 0.159 e. The minimum atomic E-state index is 0.282. The van der Waals surface area contributed by atoms with Gasteiger partial charge >= 0.3 is 0 Å². The van der Waals surface area contributed by atoms with E-state index in [4.69, 9.17) is 0 Å². The molecule has 1 saturated carbocycles. The molecule has 0 radical (unpaired) electrons. The molecule has 2 rings (SSSR count). The molecular formula is C12H15BrO. The average molecular weight is 255 g/mol. The molecule has 76 valence electrons. The first-order chi connectivity index (χ1) is 6.50. The largest absolute Gasteiger partial charge is 0.295 e. The summed E-state index contributed by atoms with van der Waals surface area (Å²) in [7, 11) is 0. The van der Waals surface area contributed by atoms with Crippen LogP contribution in [-0.2, 0) is 4.79 Å². The minimum Gasteiger partial charge on any atom is -0.295 e. The zero-order chi connectivity index (χ0) is 10.3. The Bertz CT molecular complexity index is 336. The summed E-state index contributed by atoms with van der Waals surface area (Å²) >= 11 is 3.45. The van der Waals surface area contributed by atoms with E-state index in [-0.39, 0.29) is 5.41 Å². The molecule has 14 heavy (non-hydrogen) atoms. The van der Waals surface area contributed by atoms with Gasteiger partial charge in [0.15, 0.2) is 5.78 Å². The summed E-state index contributed by atoms with van der Waals surface area (Å²) in [6, 6.07) is 0. The summed E-state index contributed by atoms with van der Waals surface area (Å²) < 4.78 is 1.06. The number of hydrogen-bond acceptors (Lipinski definition) is 1. The maximum atomic E-state index is 11.7. The minimum absolute atomic E-state index is 0.282. The number of fused-ring (bicyclic) bond motifs is 1. The molecular weight excluding hydrogens is 240 g/mol. The van der Waals surface area contributed by atoms with Crippen LogP contribution in [0.3, 0.4) is 0 Å². The van der Waals surface area contributed by atoms with E-state index < -0.39 is 0 Å². The molecule has 2 heteroatoms. The van der Waals surface area contributed by atoms with Gasteiger partial charge in [-0.3, -0.25) is 4.79 Å². The van der Waals surface area contributed by atoms with Gasteiger partial charge in [-0.05, 0) is 30.3 Å². The molecule has 0 amide bonds. The van der Waals surface area contributed by atoms with Gasteiger partial charge in [0.25, 0.3) is 0 Å². The molecule has 1 unspecified atom stereocenters. The fourth-order valence-corrected chi connectivity index (χ4v) is 2.87. The SMILES string of the molecule is CC1(C)CCC(=O)C2=CC(Br)=CCC21. The molecule has 0 N–H and O–H groups in total. The molecule has 1 atom stereocenters. The first-order valence-corrected chi connectivity index (χ1v) is 5.90. The summed E-state index contributed by atoms with van der Waals surface area (Å²) in [5.74, 6) is 0.782. The van der Waals surface area contributed by atoms with Gasteiger partial charge < -0.3 is 0 Å². The fourth-order valence-electron chi connectivity index (χ4n) is 2.43. The number of allylic oxidation sites excluding steroid dienone is 4. The Kier molecular flexibility index (Phi) is 2.42. The summed E-state index contributed by atoms with van der Waals surface area (Å²) in [6.07, 6.45) is 6.94. The molecule has 0 spiro atoms. The van der Waals surface area contributed by atoms with Gasteiger partial charge in [-0.15, -0.1) is 0 Å². The number of ketones is 1. The Balaban J connectivity index is 2.38. The molecule has 2 aliphatic carbocycles. The van der Waals surface area contributed by atoms with Crippen LogP contribution >= 0.6 is 15.9 Å². The predicted octanol–water partition coefficient (Wildman–Crippen LogP) is 3.60. The standard InChI is InChI=1S/C12H15BrO/c1-12(2)6-5-11(14)9-7-8(13)3-4-10(9)12/h3,7,10H,4-6H2,1-2H3. The molecule has 0 aromatic rings. The molecule has 0 saturated heterocycles. The highest BCUT2D eigenvalue weighted by Gasteiger charge is 2.39. The van der Waals surface area contributed by atoms with E-state index in [9.17, 15) is 4.79 Å². The lowest BCUT2D eigenvalue weighted by Gasteiger charge is -2.40. The number of rotatable bonds is 0. The van der Waals surface area contributed by atoms with Crippen LogP contribution in [0.25, 0.3) is 0 Å². The van der Waals surface area contributed by atoms with E-state index in [1.807, 2.05) is 6.08 Å². The van der Waals surface area contributed by atoms with Gasteiger partial charge in [-0.25, -0.2) is 0 Å². The second-order valence-corrected chi connectivity index (χ2v) is 5.80. The Morgan fingerprint density at radius 1 is 1.50 bits per heavy atom. The van der Waals surface area contributed by atoms with Crippen LogP contribution in [0.15, 0.2) is 22.2 Å². The smallest absolute Gasteiger partial charge is 0.159 e. The lowest BCUT2D eigenvalue weighted by atomic mass is 9.63. The Morgan fingerprint density at radius 3 is 2.93 bits per heavy atom. The van der Waals surface area contributed by atoms with Crippen molar-refractivity contribution in [1.82, 2.24) is 0 Å². The van der Waals surface area contributed by atoms with Gasteiger partial charge in [-0.2, -0.15) is 0 Å². The van der Waals surface area contributed by atoms with E-state index in [1.165, 1.54) is 0 Å². The van der Waals surface area contributed by atoms with Crippen molar-refractivity contribution >= 4 is 21.7 Å². The molecule has 1 fully saturated rings. The Labute approximate surface area is 93.4 Å². The number of halogens is 1. The lowest BCUT2D eigenvalue weighted by molar-refractivity contribution is -0.119. The molecule has 2 aliphatic rings. The van der Waals surface area contributed by atoms with Crippen LogP contribution in [0.2, 0.25) is 0 Å². The highest BCUT2D eigenvalue weighted by atomic mass is 79.9. The number of carbonyl (C=O) groups is 1. The lowest BCUT2D eigenvalue weighted by Crippen LogP contribution is -2.35. The van der Waals surface area contributed by atoms with Crippen molar-refractivity contribution in [1.29, 1.82) is 0 Å². The van der Waals surface area contributed by atoms with E-state index in [0.717, 1.165) is 29.3 Å². The fraction of sp³-hybridized carbons (Fsp3) is 0.583. The molecule has 0 aromatic heterocycles. The van der Waals surface area contributed by atoms with Crippen LogP contribution in [0.5, 0.6) is 0 Å². The zero-order valence-corrected chi connectivity index (χ0v) is 10.2. The zero-order valence-electron chi connectivity index (χ0n) is 8.64. The van der Waals surface area contributed by atoms with E-state index in [1.54, 1.807) is 0 Å². The maximum absolute atomic E-state index is 11.7. The second kappa shape index (κ2) is 3.34. The Morgan fingerprint density at radius 2 is 2.21 bits per heavy atom. The third-order valence-electron chi connectivity index (χ3n) is 3.48. The van der Waals surface area contributed by atoms with E-state index >= 15 is 0 Å². The van der Waals surface area contributed by atoms with Crippen LogP contribution in [0.1, 0.15) is 33.1 Å². The van der Waals surface area contributed by atoms with Crippen LogP contribution < -0.4 is 0 Å². The number of Topliss-reactive ketones (excluding diaryl/α,β-unsaturated/α-hetero) is 1. The molecule has 0 aliphatic heterocycles. The monoisotopic (exact) mass is 254 g/mol. The molecule has 0 heterocycles. The normalized spacial score (nSPS) is 30.5. The highest BCUT2D eigenvalue weighted by Crippen LogP contribution is 2.46. The summed E-state index contributed by atoms with van der Waals surface area (Å²) in [4.78, 5) is 11.7. The van der Waals surface area contributed by atoms with E-state index in [2.05, 4.69) is 35.9 Å². The summed E-state index contributed by atoms with van der Waals surface area (Å²) in [5.41, 5.74) is 1.32. The summed E-state index contributed by atoms with van der Waals surface area (Å²) in [6.45, 7) is 4.54. The third kappa shape index (κ3) is 1.60. The van der Waals surface area contributed by atoms with Gasteiger partial charge in [0.05, 0.1) is 0 Å². The van der Waals surface area contributed by atoms with Gasteiger partial charge in [0.2, 0.25) is 0 Å². The highest BCUT2D eigenvalue weighted by molar-refractivity contribution is 9.11. The topological polar surface area (TPSA) is 17.1 Å². The average Bonchev–Trinajstić information content (AvgIpc) is 2.12. The van der Waals surface area contributed by atoms with Crippen molar-refractivity contribution in [2.75, 3.05) is 0 Å². The van der Waals surface area contributed by atoms with Crippen molar-refractivity contribution < 1.29 is 4.79 Å². The van der Waals surface area contributed by atoms with Crippen molar-refractivity contribution in [2.24, 2.45) is 11.3 Å². The van der Waals surface area contributed by atoms with Gasteiger partial charge in [0, 0.05) is 16.5 Å². The van der Waals surface area contributed by atoms with Crippen LogP contribution in [0.4, 0.5) is 0 Å². The molecule has 1 nitrogen and oxygen atoms in total.